The summed E-state index contributed by atoms with van der Waals surface area (Å²) in [4.78, 5) is 4.21. The van der Waals surface area contributed by atoms with Crippen LogP contribution in [0.4, 0.5) is 0 Å². The molecule has 1 atom stereocenters. The lowest BCUT2D eigenvalue weighted by atomic mass is 10.2. The third-order valence-electron chi connectivity index (χ3n) is 2.15. The summed E-state index contributed by atoms with van der Waals surface area (Å²) in [6.07, 6.45) is 5.19. The molecule has 0 spiro atoms. The van der Waals surface area contributed by atoms with Crippen molar-refractivity contribution in [2.24, 2.45) is 0 Å². The first-order valence-electron chi connectivity index (χ1n) is 4.89. The van der Waals surface area contributed by atoms with Gasteiger partial charge in [-0.25, -0.2) is 4.98 Å². The summed E-state index contributed by atoms with van der Waals surface area (Å²) in [5.41, 5.74) is 0. The van der Waals surface area contributed by atoms with Crippen LogP contribution in [0.3, 0.4) is 0 Å². The van der Waals surface area contributed by atoms with Crippen molar-refractivity contribution >= 4 is 0 Å². The Bertz CT molecular complexity index is 245. The summed E-state index contributed by atoms with van der Waals surface area (Å²) in [6.45, 7) is 4.21. The summed E-state index contributed by atoms with van der Waals surface area (Å²) in [5.74, 6) is 1.78. The molecule has 0 bridgehead atoms. The molecule has 0 aliphatic rings. The molecule has 0 aliphatic carbocycles. The minimum atomic E-state index is 0.204. The first kappa shape index (κ1) is 10.3. The Morgan fingerprint density at radius 3 is 3.00 bits per heavy atom. The van der Waals surface area contributed by atoms with Gasteiger partial charge in [-0.1, -0.05) is 13.3 Å². The van der Waals surface area contributed by atoms with E-state index in [1.807, 2.05) is 20.2 Å². The molecular weight excluding hydrogens is 164 g/mol. The zero-order valence-electron chi connectivity index (χ0n) is 8.63. The summed E-state index contributed by atoms with van der Waals surface area (Å²) in [6, 6.07) is 0.204. The predicted octanol–water partition coefficient (Wildman–Crippen LogP) is 2.30. The van der Waals surface area contributed by atoms with Crippen molar-refractivity contribution < 1.29 is 4.42 Å². The fraction of sp³-hybridized carbons (Fsp3) is 0.700. The van der Waals surface area contributed by atoms with Gasteiger partial charge in [-0.05, 0) is 20.4 Å². The number of rotatable bonds is 5. The summed E-state index contributed by atoms with van der Waals surface area (Å²) >= 11 is 0. The van der Waals surface area contributed by atoms with Crippen molar-refractivity contribution in [1.29, 1.82) is 0 Å². The maximum atomic E-state index is 5.56. The topological polar surface area (TPSA) is 38.1 Å². The highest BCUT2D eigenvalue weighted by molar-refractivity contribution is 4.97. The van der Waals surface area contributed by atoms with E-state index in [2.05, 4.69) is 17.2 Å². The monoisotopic (exact) mass is 182 g/mol. The minimum Gasteiger partial charge on any atom is -0.444 e. The van der Waals surface area contributed by atoms with Gasteiger partial charge in [0.2, 0.25) is 5.89 Å². The Morgan fingerprint density at radius 2 is 2.38 bits per heavy atom. The second-order valence-electron chi connectivity index (χ2n) is 3.28. The zero-order chi connectivity index (χ0) is 9.68. The highest BCUT2D eigenvalue weighted by atomic mass is 16.4. The second kappa shape index (κ2) is 5.02. The maximum Gasteiger partial charge on any atom is 0.211 e. The molecule has 1 aromatic rings. The molecule has 1 rings (SSSR count). The van der Waals surface area contributed by atoms with Crippen LogP contribution in [-0.4, -0.2) is 12.0 Å². The van der Waals surface area contributed by atoms with Crippen molar-refractivity contribution in [1.82, 2.24) is 10.3 Å². The summed E-state index contributed by atoms with van der Waals surface area (Å²) in [5, 5.41) is 3.09. The van der Waals surface area contributed by atoms with Gasteiger partial charge >= 0.3 is 0 Å². The SMILES string of the molecule is CCCCc1cnc(C(C)NC)o1. The molecule has 0 saturated carbocycles. The van der Waals surface area contributed by atoms with Gasteiger partial charge in [0.1, 0.15) is 5.76 Å². The third kappa shape index (κ3) is 2.84. The highest BCUT2D eigenvalue weighted by Gasteiger charge is 2.09. The van der Waals surface area contributed by atoms with Crippen LogP contribution in [0.1, 0.15) is 44.4 Å². The van der Waals surface area contributed by atoms with E-state index < -0.39 is 0 Å². The van der Waals surface area contributed by atoms with Crippen LogP contribution in [0.5, 0.6) is 0 Å². The van der Waals surface area contributed by atoms with Crippen molar-refractivity contribution in [2.45, 2.75) is 39.2 Å². The van der Waals surface area contributed by atoms with Crippen LogP contribution in [-0.2, 0) is 6.42 Å². The van der Waals surface area contributed by atoms with Crippen LogP contribution in [0.2, 0.25) is 0 Å². The number of unbranched alkanes of at least 4 members (excludes halogenated alkanes) is 1. The number of nitrogens with zero attached hydrogens (tertiary/aromatic N) is 1. The van der Waals surface area contributed by atoms with Gasteiger partial charge < -0.3 is 9.73 Å². The number of nitrogens with one attached hydrogen (secondary N) is 1. The van der Waals surface area contributed by atoms with E-state index >= 15 is 0 Å². The molecule has 13 heavy (non-hydrogen) atoms. The average molecular weight is 182 g/mol. The molecule has 0 radical (unpaired) electrons. The molecule has 0 fully saturated rings. The van der Waals surface area contributed by atoms with E-state index in [4.69, 9.17) is 4.42 Å². The quantitative estimate of drug-likeness (QED) is 0.759. The standard InChI is InChI=1S/C10H18N2O/c1-4-5-6-9-7-12-10(13-9)8(2)11-3/h7-8,11H,4-6H2,1-3H3. The van der Waals surface area contributed by atoms with Crippen LogP contribution >= 0.6 is 0 Å². The first-order valence-corrected chi connectivity index (χ1v) is 4.89. The Labute approximate surface area is 79.5 Å². The zero-order valence-corrected chi connectivity index (χ0v) is 8.63. The van der Waals surface area contributed by atoms with Crippen molar-refractivity contribution in [2.75, 3.05) is 7.05 Å². The molecular formula is C10H18N2O. The molecule has 0 saturated heterocycles. The molecule has 0 aliphatic heterocycles. The van der Waals surface area contributed by atoms with Gasteiger partial charge in [-0.15, -0.1) is 0 Å². The van der Waals surface area contributed by atoms with E-state index in [9.17, 15) is 0 Å². The lowest BCUT2D eigenvalue weighted by Gasteiger charge is -2.03. The van der Waals surface area contributed by atoms with E-state index in [-0.39, 0.29) is 6.04 Å². The van der Waals surface area contributed by atoms with Gasteiger partial charge in [0.15, 0.2) is 0 Å². The second-order valence-corrected chi connectivity index (χ2v) is 3.28. The number of hydrogen-bond acceptors (Lipinski definition) is 3. The maximum absolute atomic E-state index is 5.56. The molecule has 1 heterocycles. The van der Waals surface area contributed by atoms with Gasteiger partial charge in [-0.2, -0.15) is 0 Å². The number of oxazole rings is 1. The van der Waals surface area contributed by atoms with E-state index in [1.54, 1.807) is 0 Å². The number of aromatic nitrogens is 1. The summed E-state index contributed by atoms with van der Waals surface area (Å²) in [7, 11) is 1.90. The third-order valence-corrected chi connectivity index (χ3v) is 2.15. The molecule has 1 N–H and O–H groups in total. The van der Waals surface area contributed by atoms with Crippen molar-refractivity contribution in [3.05, 3.63) is 17.8 Å². The Kier molecular flexibility index (Phi) is 3.96. The molecule has 0 amide bonds. The Hall–Kier alpha value is -0.830. The van der Waals surface area contributed by atoms with Gasteiger partial charge in [-0.3, -0.25) is 0 Å². The fourth-order valence-electron chi connectivity index (χ4n) is 1.11. The lowest BCUT2D eigenvalue weighted by Crippen LogP contribution is -2.12. The molecule has 3 nitrogen and oxygen atoms in total. The summed E-state index contributed by atoms with van der Waals surface area (Å²) < 4.78 is 5.56. The van der Waals surface area contributed by atoms with E-state index in [1.165, 1.54) is 12.8 Å². The Balaban J connectivity index is 2.53. The lowest BCUT2D eigenvalue weighted by molar-refractivity contribution is 0.404. The van der Waals surface area contributed by atoms with Crippen LogP contribution in [0, 0.1) is 0 Å². The number of hydrogen-bond donors (Lipinski definition) is 1. The van der Waals surface area contributed by atoms with Crippen molar-refractivity contribution in [3.63, 3.8) is 0 Å². The van der Waals surface area contributed by atoms with Gasteiger partial charge in [0.05, 0.1) is 12.2 Å². The molecule has 1 aromatic heterocycles. The van der Waals surface area contributed by atoms with Gasteiger partial charge in [0.25, 0.3) is 0 Å². The van der Waals surface area contributed by atoms with Crippen LogP contribution < -0.4 is 5.32 Å². The largest absolute Gasteiger partial charge is 0.444 e. The van der Waals surface area contributed by atoms with Crippen molar-refractivity contribution in [3.8, 4) is 0 Å². The van der Waals surface area contributed by atoms with Crippen LogP contribution in [0.25, 0.3) is 0 Å². The molecule has 3 heteroatoms. The van der Waals surface area contributed by atoms with E-state index in [0.29, 0.717) is 0 Å². The molecule has 0 aromatic carbocycles. The first-order chi connectivity index (χ1) is 6.27. The smallest absolute Gasteiger partial charge is 0.211 e. The highest BCUT2D eigenvalue weighted by Crippen LogP contribution is 2.13. The normalized spacial score (nSPS) is 13.2. The molecule has 74 valence electrons. The average Bonchev–Trinajstić information content (AvgIpc) is 2.62. The van der Waals surface area contributed by atoms with Crippen LogP contribution in [0.15, 0.2) is 10.6 Å². The minimum absolute atomic E-state index is 0.204. The molecule has 1 unspecified atom stereocenters. The predicted molar refractivity (Wildman–Crippen MR) is 52.6 cm³/mol. The number of aryl methyl sites for hydroxylation is 1. The van der Waals surface area contributed by atoms with E-state index in [0.717, 1.165) is 18.1 Å². The fourth-order valence-corrected chi connectivity index (χ4v) is 1.11. The van der Waals surface area contributed by atoms with Gasteiger partial charge in [0, 0.05) is 6.42 Å². The Morgan fingerprint density at radius 1 is 1.62 bits per heavy atom.